The third-order valence-electron chi connectivity index (χ3n) is 3.75. The maximum Gasteiger partial charge on any atom is 0.241 e. The molecule has 0 saturated carbocycles. The van der Waals surface area contributed by atoms with Crippen LogP contribution in [0.25, 0.3) is 4.96 Å². The van der Waals surface area contributed by atoms with Crippen molar-refractivity contribution in [3.05, 3.63) is 46.7 Å². The van der Waals surface area contributed by atoms with Crippen LogP contribution in [0.4, 0.5) is 0 Å². The standard InChI is InChI=1S/C16H19N3O3S2/c1-11-8-14(22-3)9-12(2)15(11)24(20,21)17-5-4-13-10-19-6-7-23-16(19)18-13/h6-10,17H,4-5H2,1-3H3. The van der Waals surface area contributed by atoms with E-state index in [4.69, 9.17) is 4.74 Å². The maximum atomic E-state index is 12.6. The summed E-state index contributed by atoms with van der Waals surface area (Å²) in [5.41, 5.74) is 2.21. The van der Waals surface area contributed by atoms with Crippen molar-refractivity contribution in [2.45, 2.75) is 25.2 Å². The van der Waals surface area contributed by atoms with Crippen LogP contribution < -0.4 is 9.46 Å². The number of methoxy groups -OCH3 is 1. The topological polar surface area (TPSA) is 72.7 Å². The molecule has 2 heterocycles. The Labute approximate surface area is 145 Å². The number of rotatable bonds is 6. The molecule has 0 radical (unpaired) electrons. The first-order valence-electron chi connectivity index (χ1n) is 7.46. The zero-order valence-electron chi connectivity index (χ0n) is 13.7. The second kappa shape index (κ2) is 6.54. The van der Waals surface area contributed by atoms with Crippen LogP contribution in [-0.2, 0) is 16.4 Å². The molecule has 3 rings (SSSR count). The minimum atomic E-state index is -3.57. The Hall–Kier alpha value is -1.90. The number of hydrogen-bond donors (Lipinski definition) is 1. The lowest BCUT2D eigenvalue weighted by Gasteiger charge is -2.13. The summed E-state index contributed by atoms with van der Waals surface area (Å²) in [5.74, 6) is 0.655. The quantitative estimate of drug-likeness (QED) is 0.729. The molecule has 0 aliphatic carbocycles. The van der Waals surface area contributed by atoms with Gasteiger partial charge < -0.3 is 4.74 Å². The molecule has 8 heteroatoms. The number of imidazole rings is 1. The SMILES string of the molecule is COc1cc(C)c(S(=O)(=O)NCCc2cn3ccsc3n2)c(C)c1. The van der Waals surface area contributed by atoms with Crippen molar-refractivity contribution in [3.8, 4) is 5.75 Å². The lowest BCUT2D eigenvalue weighted by molar-refractivity contribution is 0.413. The number of aromatic nitrogens is 2. The molecule has 0 aliphatic rings. The fourth-order valence-electron chi connectivity index (χ4n) is 2.73. The highest BCUT2D eigenvalue weighted by Crippen LogP contribution is 2.25. The van der Waals surface area contributed by atoms with Gasteiger partial charge in [-0.15, -0.1) is 11.3 Å². The lowest BCUT2D eigenvalue weighted by atomic mass is 10.1. The normalized spacial score (nSPS) is 12.0. The van der Waals surface area contributed by atoms with E-state index >= 15 is 0 Å². The molecule has 3 aromatic rings. The Morgan fingerprint density at radius 1 is 1.29 bits per heavy atom. The van der Waals surface area contributed by atoms with Gasteiger partial charge in [-0.25, -0.2) is 18.1 Å². The smallest absolute Gasteiger partial charge is 0.241 e. The van der Waals surface area contributed by atoms with Gasteiger partial charge >= 0.3 is 0 Å². The first-order valence-corrected chi connectivity index (χ1v) is 9.83. The Kier molecular flexibility index (Phi) is 4.62. The van der Waals surface area contributed by atoms with Gasteiger partial charge in [0.15, 0.2) is 4.96 Å². The molecule has 0 bridgehead atoms. The minimum Gasteiger partial charge on any atom is -0.497 e. The summed E-state index contributed by atoms with van der Waals surface area (Å²) in [7, 11) is -2.01. The van der Waals surface area contributed by atoms with E-state index in [2.05, 4.69) is 9.71 Å². The van der Waals surface area contributed by atoms with Crippen LogP contribution in [0.15, 0.2) is 34.8 Å². The van der Waals surface area contributed by atoms with Gasteiger partial charge in [-0.2, -0.15) is 0 Å². The van der Waals surface area contributed by atoms with Crippen LogP contribution in [0, 0.1) is 13.8 Å². The van der Waals surface area contributed by atoms with Crippen molar-refractivity contribution in [2.24, 2.45) is 0 Å². The van der Waals surface area contributed by atoms with E-state index in [-0.39, 0.29) is 0 Å². The molecule has 0 fully saturated rings. The third-order valence-corrected chi connectivity index (χ3v) is 6.29. The van der Waals surface area contributed by atoms with Crippen molar-refractivity contribution in [1.82, 2.24) is 14.1 Å². The Morgan fingerprint density at radius 2 is 2.00 bits per heavy atom. The highest BCUT2D eigenvalue weighted by molar-refractivity contribution is 7.89. The fourth-order valence-corrected chi connectivity index (χ4v) is 4.93. The summed E-state index contributed by atoms with van der Waals surface area (Å²) >= 11 is 1.55. The van der Waals surface area contributed by atoms with Crippen molar-refractivity contribution < 1.29 is 13.2 Å². The van der Waals surface area contributed by atoms with E-state index in [0.29, 0.717) is 34.7 Å². The molecular formula is C16H19N3O3S2. The lowest BCUT2D eigenvalue weighted by Crippen LogP contribution is -2.27. The van der Waals surface area contributed by atoms with Crippen molar-refractivity contribution in [3.63, 3.8) is 0 Å². The number of nitrogens with zero attached hydrogens (tertiary/aromatic N) is 2. The number of aryl methyl sites for hydroxylation is 2. The molecule has 0 saturated heterocycles. The van der Waals surface area contributed by atoms with Gasteiger partial charge in [-0.3, -0.25) is 4.40 Å². The molecule has 0 atom stereocenters. The van der Waals surface area contributed by atoms with E-state index in [1.54, 1.807) is 44.4 Å². The highest BCUT2D eigenvalue weighted by Gasteiger charge is 2.20. The Morgan fingerprint density at radius 3 is 2.62 bits per heavy atom. The molecule has 0 spiro atoms. The summed E-state index contributed by atoms with van der Waals surface area (Å²) in [6.07, 6.45) is 4.40. The van der Waals surface area contributed by atoms with Gasteiger partial charge in [0, 0.05) is 30.7 Å². The Bertz CT molecular complexity index is 922. The molecule has 1 aromatic carbocycles. The van der Waals surface area contributed by atoms with Crippen molar-refractivity contribution in [2.75, 3.05) is 13.7 Å². The number of hydrogen-bond acceptors (Lipinski definition) is 5. The van der Waals surface area contributed by atoms with Crippen LogP contribution in [0.3, 0.4) is 0 Å². The largest absolute Gasteiger partial charge is 0.497 e. The van der Waals surface area contributed by atoms with Gasteiger partial charge in [-0.05, 0) is 37.1 Å². The molecule has 2 aromatic heterocycles. The minimum absolute atomic E-state index is 0.304. The summed E-state index contributed by atoms with van der Waals surface area (Å²) in [5, 5.41) is 1.96. The molecule has 0 amide bonds. The van der Waals surface area contributed by atoms with Gasteiger partial charge in [0.25, 0.3) is 0 Å². The molecule has 0 aliphatic heterocycles. The van der Waals surface area contributed by atoms with Crippen molar-refractivity contribution >= 4 is 26.3 Å². The first-order chi connectivity index (χ1) is 11.4. The van der Waals surface area contributed by atoms with E-state index < -0.39 is 10.0 Å². The molecule has 6 nitrogen and oxygen atoms in total. The van der Waals surface area contributed by atoms with Crippen LogP contribution in [0.5, 0.6) is 5.75 Å². The first kappa shape index (κ1) is 16.9. The van der Waals surface area contributed by atoms with Gasteiger partial charge in [-0.1, -0.05) is 0 Å². The maximum absolute atomic E-state index is 12.6. The molecule has 0 unspecified atom stereocenters. The Balaban J connectivity index is 1.73. The van der Waals surface area contributed by atoms with Gasteiger partial charge in [0.2, 0.25) is 10.0 Å². The zero-order valence-corrected chi connectivity index (χ0v) is 15.4. The predicted octanol–water partition coefficient (Wildman–Crippen LogP) is 2.54. The van der Waals surface area contributed by atoms with Crippen molar-refractivity contribution in [1.29, 1.82) is 0 Å². The number of nitrogens with one attached hydrogen (secondary N) is 1. The average Bonchev–Trinajstić information content (AvgIpc) is 3.07. The monoisotopic (exact) mass is 365 g/mol. The fraction of sp³-hybridized carbons (Fsp3) is 0.312. The number of benzene rings is 1. The molecule has 24 heavy (non-hydrogen) atoms. The summed E-state index contributed by atoms with van der Waals surface area (Å²) in [4.78, 5) is 5.68. The second-order valence-electron chi connectivity index (χ2n) is 5.56. The number of thiazole rings is 1. The van der Waals surface area contributed by atoms with Gasteiger partial charge in [0.1, 0.15) is 5.75 Å². The summed E-state index contributed by atoms with van der Waals surface area (Å²) in [6.45, 7) is 3.85. The van der Waals surface area contributed by atoms with Crippen LogP contribution in [0.1, 0.15) is 16.8 Å². The molecule has 128 valence electrons. The van der Waals surface area contributed by atoms with Crippen LogP contribution in [-0.4, -0.2) is 31.5 Å². The summed E-state index contributed by atoms with van der Waals surface area (Å²) < 4.78 is 35.0. The van der Waals surface area contributed by atoms with Crippen LogP contribution in [0.2, 0.25) is 0 Å². The molecular weight excluding hydrogens is 346 g/mol. The average molecular weight is 365 g/mol. The molecule has 1 N–H and O–H groups in total. The number of fused-ring (bicyclic) bond motifs is 1. The highest BCUT2D eigenvalue weighted by atomic mass is 32.2. The van der Waals surface area contributed by atoms with Gasteiger partial charge in [0.05, 0.1) is 17.7 Å². The second-order valence-corrected chi connectivity index (χ2v) is 8.14. The summed E-state index contributed by atoms with van der Waals surface area (Å²) in [6, 6.07) is 3.45. The van der Waals surface area contributed by atoms with E-state index in [1.165, 1.54) is 0 Å². The number of ether oxygens (including phenoxy) is 1. The third kappa shape index (κ3) is 3.31. The van der Waals surface area contributed by atoms with E-state index in [0.717, 1.165) is 10.7 Å². The number of sulfonamides is 1. The van der Waals surface area contributed by atoms with E-state index in [9.17, 15) is 8.42 Å². The van der Waals surface area contributed by atoms with E-state index in [1.807, 2.05) is 22.2 Å². The predicted molar refractivity (Wildman–Crippen MR) is 94.4 cm³/mol. The van der Waals surface area contributed by atoms with Crippen LogP contribution >= 0.6 is 11.3 Å². The zero-order chi connectivity index (χ0) is 17.3.